The van der Waals surface area contributed by atoms with Crippen molar-refractivity contribution < 1.29 is 43.0 Å². The second-order valence-electron chi connectivity index (χ2n) is 12.3. The van der Waals surface area contributed by atoms with E-state index in [0.29, 0.717) is 71.4 Å². The van der Waals surface area contributed by atoms with Crippen LogP contribution >= 0.6 is 0 Å². The van der Waals surface area contributed by atoms with Gasteiger partial charge in [-0.2, -0.15) is 0 Å². The molecule has 4 aliphatic heterocycles. The van der Waals surface area contributed by atoms with Gasteiger partial charge in [-0.1, -0.05) is 6.92 Å². The first-order chi connectivity index (χ1) is 17.5. The zero-order valence-electron chi connectivity index (χ0n) is 23.6. The second-order valence-corrected chi connectivity index (χ2v) is 12.3. The van der Waals surface area contributed by atoms with Crippen LogP contribution in [0, 0.1) is 18.3 Å². The highest BCUT2D eigenvalue weighted by Gasteiger charge is 2.72. The zero-order valence-corrected chi connectivity index (χ0v) is 23.6. The van der Waals surface area contributed by atoms with E-state index in [2.05, 4.69) is 34.6 Å². The van der Waals surface area contributed by atoms with Gasteiger partial charge in [-0.3, -0.25) is 0 Å². The molecule has 4 rings (SSSR count). The van der Waals surface area contributed by atoms with Gasteiger partial charge in [-0.15, -0.1) is 0 Å². The van der Waals surface area contributed by atoms with Gasteiger partial charge in [0.05, 0.1) is 54.4 Å². The maximum Gasteiger partial charge on any atom is 0.147 e. The number of hydrogen-bond donors (Lipinski definition) is 1. The lowest BCUT2D eigenvalue weighted by Crippen LogP contribution is -2.75. The van der Waals surface area contributed by atoms with Gasteiger partial charge < -0.3 is 43.0 Å². The van der Waals surface area contributed by atoms with Crippen LogP contribution < -0.4 is 0 Å². The molecule has 0 aliphatic carbocycles. The lowest BCUT2D eigenvalue weighted by atomic mass is 9.45. The summed E-state index contributed by atoms with van der Waals surface area (Å²) < 4.78 is 49.3. The van der Waals surface area contributed by atoms with Crippen molar-refractivity contribution in [3.8, 4) is 0 Å². The van der Waals surface area contributed by atoms with E-state index in [-0.39, 0.29) is 33.1 Å². The van der Waals surface area contributed by atoms with Crippen molar-refractivity contribution in [1.29, 1.82) is 0 Å². The molecule has 5 unspecified atom stereocenters. The molecule has 215 valence electrons. The normalized spacial score (nSPS) is 41.9. The first-order valence-corrected chi connectivity index (χ1v) is 13.9. The number of aliphatic hydroxyl groups is 1. The molecule has 0 saturated carbocycles. The Hall–Kier alpha value is -0.360. The second kappa shape index (κ2) is 11.3. The van der Waals surface area contributed by atoms with Gasteiger partial charge in [0.15, 0.2) is 0 Å². The molecular formula is C28H49O9. The summed E-state index contributed by atoms with van der Waals surface area (Å²) in [4.78, 5) is 0. The molecule has 5 atom stereocenters. The molecule has 0 spiro atoms. The molecule has 4 heterocycles. The fourth-order valence-electron chi connectivity index (χ4n) is 7.60. The molecule has 0 aromatic rings. The van der Waals surface area contributed by atoms with Crippen LogP contribution in [0.5, 0.6) is 0 Å². The van der Waals surface area contributed by atoms with Crippen LogP contribution in [-0.2, 0) is 37.9 Å². The number of rotatable bonds is 9. The minimum absolute atomic E-state index is 0.196. The summed E-state index contributed by atoms with van der Waals surface area (Å²) in [5.41, 5.74) is -4.38. The monoisotopic (exact) mass is 529 g/mol. The molecule has 9 heteroatoms. The van der Waals surface area contributed by atoms with E-state index in [9.17, 15) is 5.11 Å². The van der Waals surface area contributed by atoms with E-state index in [1.54, 1.807) is 0 Å². The van der Waals surface area contributed by atoms with Crippen LogP contribution in [0.2, 0.25) is 0 Å². The van der Waals surface area contributed by atoms with E-state index >= 15 is 0 Å². The Labute approximate surface area is 222 Å². The highest BCUT2D eigenvalue weighted by Crippen LogP contribution is 2.65. The van der Waals surface area contributed by atoms with E-state index in [4.69, 9.17) is 37.9 Å². The molecule has 0 bridgehead atoms. The maximum absolute atomic E-state index is 11.2. The average Bonchev–Trinajstić information content (AvgIpc) is 2.87. The van der Waals surface area contributed by atoms with Crippen molar-refractivity contribution >= 4 is 0 Å². The Balaban J connectivity index is 1.98. The molecule has 1 radical (unpaired) electrons. The third-order valence-electron chi connectivity index (χ3n) is 10.0. The summed E-state index contributed by atoms with van der Waals surface area (Å²) >= 11 is 0. The van der Waals surface area contributed by atoms with Crippen LogP contribution in [0.4, 0.5) is 0 Å². The summed E-state index contributed by atoms with van der Waals surface area (Å²) in [7, 11) is 0. The van der Waals surface area contributed by atoms with Crippen molar-refractivity contribution in [3.05, 3.63) is 6.92 Å². The predicted molar refractivity (Wildman–Crippen MR) is 135 cm³/mol. The van der Waals surface area contributed by atoms with E-state index in [0.717, 1.165) is 0 Å². The molecule has 1 N–H and O–H groups in total. The van der Waals surface area contributed by atoms with Gasteiger partial charge in [-0.25, -0.2) is 0 Å². The third-order valence-corrected chi connectivity index (χ3v) is 10.0. The number of hydrogen-bond acceptors (Lipinski definition) is 9. The average molecular weight is 530 g/mol. The molecule has 0 aromatic carbocycles. The van der Waals surface area contributed by atoms with Gasteiger partial charge in [-0.05, 0) is 53.9 Å². The standard InChI is InChI=1S/C28H49O9/c1-7-23(2,29)8-9-28(26(5)12-16-32-20-36-26,27(6)13-17-33-21-37-27)22(24(3)10-14-30-18-34-24)25(4)11-15-31-19-35-25/h22,29H,2,7-21H2,1,3-6H3. The molecule has 4 saturated heterocycles. The smallest absolute Gasteiger partial charge is 0.147 e. The Kier molecular flexibility index (Phi) is 9.01. The molecule has 4 fully saturated rings. The third kappa shape index (κ3) is 5.50. The van der Waals surface area contributed by atoms with Gasteiger partial charge >= 0.3 is 0 Å². The predicted octanol–water partition coefficient (Wildman–Crippen LogP) is 3.96. The number of ether oxygens (including phenoxy) is 8. The highest BCUT2D eigenvalue weighted by molar-refractivity contribution is 5.20. The quantitative estimate of drug-likeness (QED) is 0.476. The molecule has 0 amide bonds. The van der Waals surface area contributed by atoms with E-state index in [1.807, 2.05) is 6.92 Å². The lowest BCUT2D eigenvalue weighted by molar-refractivity contribution is -0.376. The molecule has 9 nitrogen and oxygen atoms in total. The van der Waals surface area contributed by atoms with Crippen molar-refractivity contribution in [3.63, 3.8) is 0 Å². The summed E-state index contributed by atoms with van der Waals surface area (Å²) in [6, 6.07) is 0. The van der Waals surface area contributed by atoms with Crippen LogP contribution in [-0.4, -0.2) is 86.7 Å². The Morgan fingerprint density at radius 3 is 1.41 bits per heavy atom. The fourth-order valence-corrected chi connectivity index (χ4v) is 7.60. The van der Waals surface area contributed by atoms with Gasteiger partial charge in [0.2, 0.25) is 0 Å². The van der Waals surface area contributed by atoms with Crippen molar-refractivity contribution in [2.24, 2.45) is 11.3 Å². The van der Waals surface area contributed by atoms with E-state index < -0.39 is 33.4 Å². The van der Waals surface area contributed by atoms with Gasteiger partial charge in [0.25, 0.3) is 0 Å². The summed E-state index contributed by atoms with van der Waals surface area (Å²) in [5.74, 6) is -0.209. The van der Waals surface area contributed by atoms with Crippen molar-refractivity contribution in [2.75, 3.05) is 53.6 Å². The lowest BCUT2D eigenvalue weighted by Gasteiger charge is -2.68. The summed E-state index contributed by atoms with van der Waals surface area (Å²) in [6.45, 7) is 18.0. The molecular weight excluding hydrogens is 480 g/mol. The largest absolute Gasteiger partial charge is 0.390 e. The molecule has 37 heavy (non-hydrogen) atoms. The minimum atomic E-state index is -1.09. The van der Waals surface area contributed by atoms with Gasteiger partial charge in [0.1, 0.15) is 27.2 Å². The Bertz CT molecular complexity index is 682. The Morgan fingerprint density at radius 2 is 1.08 bits per heavy atom. The van der Waals surface area contributed by atoms with Crippen LogP contribution in [0.1, 0.15) is 79.6 Å². The highest BCUT2D eigenvalue weighted by atomic mass is 16.7. The van der Waals surface area contributed by atoms with Crippen LogP contribution in [0.25, 0.3) is 0 Å². The fraction of sp³-hybridized carbons (Fsp3) is 0.964. The Morgan fingerprint density at radius 1 is 0.676 bits per heavy atom. The topological polar surface area (TPSA) is 94.1 Å². The molecule has 4 aliphatic rings. The summed E-state index contributed by atoms with van der Waals surface area (Å²) in [6.07, 6.45) is 4.34. The molecule has 0 aromatic heterocycles. The summed E-state index contributed by atoms with van der Waals surface area (Å²) in [5, 5.41) is 11.2. The van der Waals surface area contributed by atoms with Gasteiger partial charge in [0, 0.05) is 37.0 Å². The van der Waals surface area contributed by atoms with Crippen LogP contribution in [0.15, 0.2) is 0 Å². The first kappa shape index (κ1) is 29.6. The zero-order chi connectivity index (χ0) is 26.8. The SMILES string of the molecule is [CH2]C(O)(CC)CCC(C(C1(C)CCOCO1)C1(C)CCOCO1)(C1(C)CCOCO1)C1(C)CCOCO1. The van der Waals surface area contributed by atoms with Crippen molar-refractivity contribution in [1.82, 2.24) is 0 Å². The first-order valence-electron chi connectivity index (χ1n) is 13.9. The van der Waals surface area contributed by atoms with Crippen LogP contribution in [0.3, 0.4) is 0 Å². The maximum atomic E-state index is 11.2. The minimum Gasteiger partial charge on any atom is -0.390 e. The van der Waals surface area contributed by atoms with Crippen molar-refractivity contribution in [2.45, 2.75) is 108 Å². The van der Waals surface area contributed by atoms with E-state index in [1.165, 1.54) is 0 Å².